The van der Waals surface area contributed by atoms with Crippen LogP contribution in [-0.4, -0.2) is 0 Å². The first-order valence-corrected chi connectivity index (χ1v) is 5.10. The van der Waals surface area contributed by atoms with E-state index in [1.54, 1.807) is 18.2 Å². The molecule has 0 aliphatic carbocycles. The topological polar surface area (TPSA) is 32.7 Å². The molecule has 0 N–H and O–H groups in total. The predicted octanol–water partition coefficient (Wildman–Crippen LogP) is 4.38. The SMILES string of the molecule is O=Nc1ccccc1N(Cl)c1ccccc1. The molecule has 0 amide bonds. The van der Waals surface area contributed by atoms with Gasteiger partial charge in [0.05, 0.1) is 11.4 Å². The molecule has 0 heterocycles. The molecule has 0 radical (unpaired) electrons. The molecule has 0 saturated carbocycles. The fourth-order valence-electron chi connectivity index (χ4n) is 1.41. The Morgan fingerprint density at radius 1 is 0.938 bits per heavy atom. The lowest BCUT2D eigenvalue weighted by atomic mass is 10.2. The van der Waals surface area contributed by atoms with Crippen molar-refractivity contribution in [3.63, 3.8) is 0 Å². The minimum Gasteiger partial charge on any atom is -0.251 e. The quantitative estimate of drug-likeness (QED) is 0.581. The summed E-state index contributed by atoms with van der Waals surface area (Å²) in [4.78, 5) is 10.6. The van der Waals surface area contributed by atoms with E-state index in [4.69, 9.17) is 11.8 Å². The molecule has 80 valence electrons. The Hall–Kier alpha value is -1.87. The third-order valence-electron chi connectivity index (χ3n) is 2.17. The Morgan fingerprint density at radius 3 is 2.25 bits per heavy atom. The van der Waals surface area contributed by atoms with Gasteiger partial charge in [0.1, 0.15) is 5.69 Å². The van der Waals surface area contributed by atoms with Crippen LogP contribution in [-0.2, 0) is 0 Å². The Bertz CT molecular complexity index is 487. The third kappa shape index (κ3) is 2.04. The van der Waals surface area contributed by atoms with Crippen LogP contribution in [0.5, 0.6) is 0 Å². The molecule has 2 aromatic carbocycles. The minimum atomic E-state index is 0.321. The van der Waals surface area contributed by atoms with Gasteiger partial charge in [-0.15, -0.1) is 4.91 Å². The number of rotatable bonds is 3. The monoisotopic (exact) mass is 232 g/mol. The maximum absolute atomic E-state index is 10.6. The molecule has 0 atom stereocenters. The van der Waals surface area contributed by atoms with Gasteiger partial charge in [-0.05, 0) is 29.4 Å². The summed E-state index contributed by atoms with van der Waals surface area (Å²) < 4.78 is 1.41. The smallest absolute Gasteiger partial charge is 0.132 e. The van der Waals surface area contributed by atoms with E-state index >= 15 is 0 Å². The van der Waals surface area contributed by atoms with Crippen molar-refractivity contribution in [1.29, 1.82) is 0 Å². The number of hydrogen-bond acceptors (Lipinski definition) is 3. The molecule has 2 rings (SSSR count). The molecule has 4 heteroatoms. The highest BCUT2D eigenvalue weighted by molar-refractivity contribution is 6.30. The Kier molecular flexibility index (Phi) is 3.17. The lowest BCUT2D eigenvalue weighted by Gasteiger charge is -2.16. The second-order valence-corrected chi connectivity index (χ2v) is 3.53. The summed E-state index contributed by atoms with van der Waals surface area (Å²) in [5.74, 6) is 0. The number of nitroso groups, excluding NO2 is 1. The van der Waals surface area contributed by atoms with Crippen LogP contribution >= 0.6 is 11.8 Å². The van der Waals surface area contributed by atoms with Crippen molar-refractivity contribution in [2.45, 2.75) is 0 Å². The Balaban J connectivity index is 2.41. The molecule has 0 aliphatic rings. The fourth-order valence-corrected chi connectivity index (χ4v) is 1.66. The number of anilines is 2. The van der Waals surface area contributed by atoms with Gasteiger partial charge in [-0.25, -0.2) is 0 Å². The molecule has 0 bridgehead atoms. The van der Waals surface area contributed by atoms with E-state index < -0.39 is 0 Å². The van der Waals surface area contributed by atoms with Gasteiger partial charge in [0, 0.05) is 11.8 Å². The second-order valence-electron chi connectivity index (χ2n) is 3.20. The van der Waals surface area contributed by atoms with Gasteiger partial charge in [0.25, 0.3) is 0 Å². The van der Waals surface area contributed by atoms with Gasteiger partial charge < -0.3 is 0 Å². The summed E-state index contributed by atoms with van der Waals surface area (Å²) in [6, 6.07) is 16.3. The van der Waals surface area contributed by atoms with E-state index in [9.17, 15) is 4.91 Å². The number of para-hydroxylation sites is 2. The van der Waals surface area contributed by atoms with Crippen molar-refractivity contribution < 1.29 is 0 Å². The molecule has 2 aromatic rings. The van der Waals surface area contributed by atoms with Crippen molar-refractivity contribution >= 4 is 28.8 Å². The highest BCUT2D eigenvalue weighted by Crippen LogP contribution is 2.34. The zero-order valence-corrected chi connectivity index (χ0v) is 9.13. The number of nitrogens with zero attached hydrogens (tertiary/aromatic N) is 2. The number of halogens is 1. The average molecular weight is 233 g/mol. The molecule has 0 unspecified atom stereocenters. The Labute approximate surface area is 98.4 Å². The summed E-state index contributed by atoms with van der Waals surface area (Å²) in [5, 5.41) is 2.94. The standard InChI is InChI=1S/C12H9ClN2O/c13-15(10-6-2-1-3-7-10)12-9-5-4-8-11(12)14-16/h1-9H. The average Bonchev–Trinajstić information content (AvgIpc) is 2.39. The van der Waals surface area contributed by atoms with Crippen LogP contribution in [0, 0.1) is 4.91 Å². The van der Waals surface area contributed by atoms with Crippen LogP contribution in [0.2, 0.25) is 0 Å². The molecule has 0 spiro atoms. The van der Waals surface area contributed by atoms with E-state index in [2.05, 4.69) is 5.18 Å². The van der Waals surface area contributed by atoms with Crippen molar-refractivity contribution in [2.75, 3.05) is 4.42 Å². The molecule has 0 aliphatic heterocycles. The highest BCUT2D eigenvalue weighted by Gasteiger charge is 2.10. The molecule has 3 nitrogen and oxygen atoms in total. The minimum absolute atomic E-state index is 0.321. The van der Waals surface area contributed by atoms with E-state index in [1.165, 1.54) is 4.42 Å². The zero-order valence-electron chi connectivity index (χ0n) is 8.38. The van der Waals surface area contributed by atoms with Crippen LogP contribution in [0.4, 0.5) is 17.1 Å². The second kappa shape index (κ2) is 4.77. The molecular formula is C12H9ClN2O. The summed E-state index contributed by atoms with van der Waals surface area (Å²) >= 11 is 6.15. The highest BCUT2D eigenvalue weighted by atomic mass is 35.5. The summed E-state index contributed by atoms with van der Waals surface area (Å²) in [7, 11) is 0. The van der Waals surface area contributed by atoms with Gasteiger partial charge in [0.2, 0.25) is 0 Å². The van der Waals surface area contributed by atoms with Gasteiger partial charge in [-0.1, -0.05) is 30.3 Å². The van der Waals surface area contributed by atoms with Gasteiger partial charge in [-0.2, -0.15) is 0 Å². The lowest BCUT2D eigenvalue weighted by molar-refractivity contribution is 1.38. The van der Waals surface area contributed by atoms with Gasteiger partial charge in [0.15, 0.2) is 0 Å². The normalized spacial score (nSPS) is 9.81. The maximum atomic E-state index is 10.6. The summed E-state index contributed by atoms with van der Waals surface area (Å²) in [5.41, 5.74) is 1.69. The van der Waals surface area contributed by atoms with Gasteiger partial charge in [-0.3, -0.25) is 4.42 Å². The van der Waals surface area contributed by atoms with Crippen LogP contribution in [0.3, 0.4) is 0 Å². The first-order chi connectivity index (χ1) is 7.83. The first kappa shape index (κ1) is 10.6. The van der Waals surface area contributed by atoms with Gasteiger partial charge >= 0.3 is 0 Å². The largest absolute Gasteiger partial charge is 0.251 e. The Morgan fingerprint density at radius 2 is 1.56 bits per heavy atom. The van der Waals surface area contributed by atoms with E-state index in [0.717, 1.165) is 5.69 Å². The summed E-state index contributed by atoms with van der Waals surface area (Å²) in [6.07, 6.45) is 0. The fraction of sp³-hybridized carbons (Fsp3) is 0. The van der Waals surface area contributed by atoms with Crippen molar-refractivity contribution in [3.05, 3.63) is 59.5 Å². The van der Waals surface area contributed by atoms with E-state index in [-0.39, 0.29) is 0 Å². The number of benzene rings is 2. The van der Waals surface area contributed by atoms with Crippen LogP contribution in [0.15, 0.2) is 59.8 Å². The molecular weight excluding hydrogens is 224 g/mol. The van der Waals surface area contributed by atoms with Crippen LogP contribution in [0.25, 0.3) is 0 Å². The van der Waals surface area contributed by atoms with Crippen LogP contribution in [0.1, 0.15) is 0 Å². The zero-order chi connectivity index (χ0) is 11.4. The number of hydrogen-bond donors (Lipinski definition) is 0. The van der Waals surface area contributed by atoms with E-state index in [1.807, 2.05) is 36.4 Å². The summed E-state index contributed by atoms with van der Waals surface area (Å²) in [6.45, 7) is 0. The molecule has 16 heavy (non-hydrogen) atoms. The van der Waals surface area contributed by atoms with Crippen molar-refractivity contribution in [3.8, 4) is 0 Å². The van der Waals surface area contributed by atoms with Crippen molar-refractivity contribution in [2.24, 2.45) is 5.18 Å². The molecule has 0 aromatic heterocycles. The first-order valence-electron chi connectivity index (χ1n) is 4.76. The molecule has 0 saturated heterocycles. The third-order valence-corrected chi connectivity index (χ3v) is 2.55. The van der Waals surface area contributed by atoms with E-state index in [0.29, 0.717) is 11.4 Å². The van der Waals surface area contributed by atoms with Crippen LogP contribution < -0.4 is 4.42 Å². The predicted molar refractivity (Wildman–Crippen MR) is 66.3 cm³/mol. The van der Waals surface area contributed by atoms with Crippen molar-refractivity contribution in [1.82, 2.24) is 0 Å². The lowest BCUT2D eigenvalue weighted by Crippen LogP contribution is -2.01. The molecule has 0 fully saturated rings. The maximum Gasteiger partial charge on any atom is 0.132 e.